The standard InChI is InChI=1S/C3H5ClO25/c1-2-6-8-10-12-14-16-18-20-22-24-26-28-29-27-25-23-21-19-17-15-13-11-9-7-3(4)5/h2H2,1H3. The summed E-state index contributed by atoms with van der Waals surface area (Å²) in [5, 5.41) is 77.7. The third-order valence-electron chi connectivity index (χ3n) is 0.849. The molecule has 0 saturated heterocycles. The van der Waals surface area contributed by atoms with Crippen LogP contribution in [0.15, 0.2) is 0 Å². The average Bonchev–Trinajstić information content (AvgIpc) is 2.71. The topological polar surface area (TPSA) is 239 Å². The molecular weight excluding hydrogens is 471 g/mol. The zero-order valence-corrected chi connectivity index (χ0v) is 13.5. The first-order valence-electron chi connectivity index (χ1n) is 5.43. The molecule has 0 saturated carbocycles. The van der Waals surface area contributed by atoms with Gasteiger partial charge in [-0.3, -0.25) is 0 Å². The van der Waals surface area contributed by atoms with Gasteiger partial charge in [0.2, 0.25) is 0 Å². The number of halogens is 1. The van der Waals surface area contributed by atoms with Crippen molar-refractivity contribution in [2.24, 2.45) is 0 Å². The molecule has 26 heteroatoms. The number of carbonyl (C=O) groups is 1. The fraction of sp³-hybridized carbons (Fsp3) is 0.667. The van der Waals surface area contributed by atoms with E-state index < -0.39 is 5.43 Å². The maximum Gasteiger partial charge on any atom is 0.438 e. The van der Waals surface area contributed by atoms with Crippen LogP contribution in [0.4, 0.5) is 4.79 Å². The van der Waals surface area contributed by atoms with Gasteiger partial charge < -0.3 is 0 Å². The minimum absolute atomic E-state index is 0.152. The zero-order chi connectivity index (χ0) is 21.3. The molecule has 0 radical (unpaired) electrons. The van der Waals surface area contributed by atoms with Crippen molar-refractivity contribution in [3.8, 4) is 0 Å². The Bertz CT molecular complexity index is 323. The molecule has 174 valence electrons. The molecule has 0 aliphatic carbocycles. The van der Waals surface area contributed by atoms with E-state index in [2.05, 4.69) is 132 Å². The van der Waals surface area contributed by atoms with Crippen LogP contribution in [0, 0.1) is 0 Å². The molecule has 0 aliphatic heterocycles. The lowest BCUT2D eigenvalue weighted by molar-refractivity contribution is -0.899. The summed E-state index contributed by atoms with van der Waals surface area (Å²) in [5.41, 5.74) is -1.39. The maximum absolute atomic E-state index is 9.92. The van der Waals surface area contributed by atoms with Crippen LogP contribution in [-0.2, 0) is 121 Å². The second-order valence-corrected chi connectivity index (χ2v) is 2.53. The summed E-state index contributed by atoms with van der Waals surface area (Å²) in [6, 6.07) is 0. The van der Waals surface area contributed by atoms with E-state index >= 15 is 0 Å². The minimum Gasteiger partial charge on any atom is -0.248 e. The van der Waals surface area contributed by atoms with E-state index in [0.717, 1.165) is 0 Å². The van der Waals surface area contributed by atoms with Crippen molar-refractivity contribution in [2.45, 2.75) is 6.92 Å². The Hall–Kier alpha value is -1.16. The molecule has 0 unspecified atom stereocenters. The van der Waals surface area contributed by atoms with Crippen LogP contribution in [0.5, 0.6) is 0 Å². The Labute approximate surface area is 157 Å². The van der Waals surface area contributed by atoms with Crippen LogP contribution in [0.1, 0.15) is 6.92 Å². The van der Waals surface area contributed by atoms with Crippen LogP contribution >= 0.6 is 11.6 Å². The molecule has 0 aromatic heterocycles. The van der Waals surface area contributed by atoms with Crippen LogP contribution in [0.25, 0.3) is 0 Å². The van der Waals surface area contributed by atoms with Crippen molar-refractivity contribution >= 4 is 17.0 Å². The van der Waals surface area contributed by atoms with E-state index in [0.29, 0.717) is 0 Å². The van der Waals surface area contributed by atoms with Crippen molar-refractivity contribution in [2.75, 3.05) is 6.61 Å². The summed E-state index contributed by atoms with van der Waals surface area (Å²) in [6.45, 7) is 1.73. The molecule has 0 aliphatic rings. The maximum atomic E-state index is 9.92. The molecule has 29 heavy (non-hydrogen) atoms. The van der Waals surface area contributed by atoms with E-state index in [1.807, 2.05) is 0 Å². The SMILES string of the molecule is CCOOOOOOOOOOOOOOOOOOOOOOOOC(=O)Cl. The Morgan fingerprint density at radius 2 is 0.724 bits per heavy atom. The van der Waals surface area contributed by atoms with Gasteiger partial charge in [0.25, 0.3) is 0 Å². The highest BCUT2D eigenvalue weighted by Crippen LogP contribution is 1.95. The van der Waals surface area contributed by atoms with Crippen molar-refractivity contribution in [1.82, 2.24) is 0 Å². The van der Waals surface area contributed by atoms with E-state index in [9.17, 15) is 4.79 Å². The first-order chi connectivity index (χ1) is 14.3. The van der Waals surface area contributed by atoms with E-state index in [-0.39, 0.29) is 6.61 Å². The number of carbonyl (C=O) groups excluding carboxylic acids is 1. The Kier molecular flexibility index (Phi) is 23.9. The smallest absolute Gasteiger partial charge is 0.248 e. The second kappa shape index (κ2) is 24.9. The summed E-state index contributed by atoms with van der Waals surface area (Å²) >= 11 is 4.63. The highest BCUT2D eigenvalue weighted by Gasteiger charge is 2.02. The van der Waals surface area contributed by atoms with Crippen LogP contribution in [0.3, 0.4) is 0 Å². The lowest BCUT2D eigenvalue weighted by Crippen LogP contribution is -2.06. The number of hydrogen-bond acceptors (Lipinski definition) is 25. The lowest BCUT2D eigenvalue weighted by Gasteiger charge is -1.99. The first-order valence-corrected chi connectivity index (χ1v) is 5.80. The van der Waals surface area contributed by atoms with Gasteiger partial charge in [0.1, 0.15) is 0 Å². The van der Waals surface area contributed by atoms with Gasteiger partial charge in [0.15, 0.2) is 0 Å². The molecule has 0 heterocycles. The summed E-state index contributed by atoms with van der Waals surface area (Å²) in [7, 11) is 0. The lowest BCUT2D eigenvalue weighted by atomic mass is 10.9. The van der Waals surface area contributed by atoms with E-state index in [1.54, 1.807) is 6.92 Å². The van der Waals surface area contributed by atoms with Crippen molar-refractivity contribution in [1.29, 1.82) is 0 Å². The van der Waals surface area contributed by atoms with Gasteiger partial charge in [-0.25, -0.2) is 14.6 Å². The van der Waals surface area contributed by atoms with Crippen LogP contribution in [0.2, 0.25) is 0 Å². The predicted octanol–water partition coefficient (Wildman–Crippen LogP) is -0.192. The Morgan fingerprint density at radius 1 is 0.483 bits per heavy atom. The number of hydrogen-bond donors (Lipinski definition) is 0. The van der Waals surface area contributed by atoms with Crippen molar-refractivity contribution in [3.63, 3.8) is 0 Å². The molecule has 0 aromatic rings. The molecule has 0 spiro atoms. The number of rotatable bonds is 24. The van der Waals surface area contributed by atoms with E-state index in [4.69, 9.17) is 0 Å². The average molecular weight is 477 g/mol. The minimum atomic E-state index is -1.39. The fourth-order valence-corrected chi connectivity index (χ4v) is 0.361. The highest BCUT2D eigenvalue weighted by molar-refractivity contribution is 6.61. The normalized spacial score (nSPS) is 11.1. The zero-order valence-electron chi connectivity index (χ0n) is 12.8. The predicted molar refractivity (Wildman–Crippen MR) is 47.8 cm³/mol. The molecule has 0 rings (SSSR count). The summed E-state index contributed by atoms with van der Waals surface area (Å²) in [5.74, 6) is 0. The van der Waals surface area contributed by atoms with Gasteiger partial charge in [-0.05, 0) is 47.2 Å². The fourth-order valence-electron chi connectivity index (χ4n) is 0.335. The Morgan fingerprint density at radius 3 is 0.966 bits per heavy atom. The first kappa shape index (κ1) is 27.8. The molecule has 25 nitrogen and oxygen atoms in total. The quantitative estimate of drug-likeness (QED) is 0.0758. The van der Waals surface area contributed by atoms with Crippen molar-refractivity contribution < 1.29 is 125 Å². The molecule has 0 atom stereocenters. The van der Waals surface area contributed by atoms with Crippen LogP contribution in [-0.4, -0.2) is 12.0 Å². The molecule has 0 aromatic carbocycles. The second-order valence-electron chi connectivity index (χ2n) is 2.22. The van der Waals surface area contributed by atoms with Gasteiger partial charge in [-0.15, -0.1) is 0 Å². The van der Waals surface area contributed by atoms with Crippen LogP contribution < -0.4 is 0 Å². The van der Waals surface area contributed by atoms with Gasteiger partial charge in [0, 0.05) is 82.1 Å². The molecule has 0 fully saturated rings. The van der Waals surface area contributed by atoms with Gasteiger partial charge in [-0.1, -0.05) is 0 Å². The van der Waals surface area contributed by atoms with E-state index in [1.165, 1.54) is 0 Å². The molecule has 0 bridgehead atoms. The summed E-state index contributed by atoms with van der Waals surface area (Å²) in [6.07, 6.45) is 0. The highest BCUT2D eigenvalue weighted by atomic mass is 35.5. The monoisotopic (exact) mass is 476 g/mol. The van der Waals surface area contributed by atoms with Gasteiger partial charge in [0.05, 0.1) is 6.61 Å². The molecule has 0 N–H and O–H groups in total. The summed E-state index contributed by atoms with van der Waals surface area (Å²) in [4.78, 5) is 17.6. The third kappa shape index (κ3) is 26.8. The third-order valence-corrected chi connectivity index (χ3v) is 0.912. The Balaban J connectivity index is 2.99. The van der Waals surface area contributed by atoms with Gasteiger partial charge in [-0.2, -0.15) is 0 Å². The summed E-state index contributed by atoms with van der Waals surface area (Å²) < 4.78 is 0. The van der Waals surface area contributed by atoms with Gasteiger partial charge >= 0.3 is 5.43 Å². The molecule has 0 amide bonds. The van der Waals surface area contributed by atoms with Crippen molar-refractivity contribution in [3.05, 3.63) is 0 Å². The largest absolute Gasteiger partial charge is 0.438 e. The molecular formula is C3H5ClO25.